The molecule has 0 aliphatic rings. The van der Waals surface area contributed by atoms with Crippen LogP contribution < -0.4 is 14.9 Å². The number of halogens is 2. The zero-order valence-electron chi connectivity index (χ0n) is 13.8. The predicted octanol–water partition coefficient (Wildman–Crippen LogP) is 3.14. The highest BCUT2D eigenvalue weighted by molar-refractivity contribution is 6.34. The number of carbonyl (C=O) groups is 1. The Morgan fingerprint density at radius 2 is 2.11 bits per heavy atom. The van der Waals surface area contributed by atoms with Crippen molar-refractivity contribution in [2.45, 2.75) is 0 Å². The van der Waals surface area contributed by atoms with Gasteiger partial charge in [-0.05, 0) is 24.3 Å². The summed E-state index contributed by atoms with van der Waals surface area (Å²) in [4.78, 5) is 22.2. The Kier molecular flexibility index (Phi) is 6.80. The van der Waals surface area contributed by atoms with Crippen LogP contribution in [0.25, 0.3) is 0 Å². The molecule has 27 heavy (non-hydrogen) atoms. The fraction of sp³-hybridized carbons (Fsp3) is 0.125. The molecular formula is C16H13Cl2N3O6. The molecule has 1 amide bonds. The third-order valence-electron chi connectivity index (χ3n) is 3.17. The minimum atomic E-state index is -0.730. The van der Waals surface area contributed by atoms with Crippen molar-refractivity contribution in [2.24, 2.45) is 5.10 Å². The van der Waals surface area contributed by atoms with Crippen LogP contribution in [0, 0.1) is 10.1 Å². The number of benzene rings is 2. The average Bonchev–Trinajstić information content (AvgIpc) is 2.63. The fourth-order valence-corrected chi connectivity index (χ4v) is 2.34. The molecule has 0 spiro atoms. The minimum Gasteiger partial charge on any atom is -0.504 e. The third-order valence-corrected chi connectivity index (χ3v) is 3.72. The van der Waals surface area contributed by atoms with E-state index in [9.17, 15) is 20.0 Å². The number of nitrogens with zero attached hydrogens (tertiary/aromatic N) is 2. The number of hydrogen-bond donors (Lipinski definition) is 2. The van der Waals surface area contributed by atoms with Gasteiger partial charge in [-0.1, -0.05) is 23.2 Å². The first-order valence-electron chi connectivity index (χ1n) is 7.27. The van der Waals surface area contributed by atoms with E-state index >= 15 is 0 Å². The van der Waals surface area contributed by atoms with E-state index in [2.05, 4.69) is 10.5 Å². The van der Waals surface area contributed by atoms with E-state index in [4.69, 9.17) is 32.7 Å². The normalized spacial score (nSPS) is 10.6. The van der Waals surface area contributed by atoms with Crippen LogP contribution in [0.5, 0.6) is 17.2 Å². The number of phenols is 1. The van der Waals surface area contributed by atoms with Crippen LogP contribution in [-0.2, 0) is 4.79 Å². The van der Waals surface area contributed by atoms with Crippen molar-refractivity contribution >= 4 is 41.0 Å². The molecule has 0 saturated heterocycles. The lowest BCUT2D eigenvalue weighted by Gasteiger charge is -2.07. The van der Waals surface area contributed by atoms with Crippen LogP contribution in [0.3, 0.4) is 0 Å². The minimum absolute atomic E-state index is 0.0220. The molecule has 9 nitrogen and oxygen atoms in total. The Bertz CT molecular complexity index is 904. The fourth-order valence-electron chi connectivity index (χ4n) is 2.01. The number of methoxy groups -OCH3 is 1. The number of ether oxygens (including phenoxy) is 2. The van der Waals surface area contributed by atoms with E-state index in [0.717, 1.165) is 6.21 Å². The standard InChI is InChI=1S/C16H13Cl2N3O6/c1-26-16-12(22)5-2-9(15(16)21(24)25)7-19-20-14(23)8-27-13-6-10(17)3-4-11(13)18/h2-7,22H,8H2,1H3,(H,20,23). The highest BCUT2D eigenvalue weighted by atomic mass is 35.5. The van der Waals surface area contributed by atoms with Crippen LogP contribution in [0.15, 0.2) is 35.4 Å². The Morgan fingerprint density at radius 3 is 2.78 bits per heavy atom. The molecule has 0 fully saturated rings. The first kappa shape index (κ1) is 20.3. The summed E-state index contributed by atoms with van der Waals surface area (Å²) in [6, 6.07) is 7.01. The summed E-state index contributed by atoms with van der Waals surface area (Å²) in [6.45, 7) is -0.404. The second-order valence-electron chi connectivity index (χ2n) is 4.97. The largest absolute Gasteiger partial charge is 0.504 e. The third kappa shape index (κ3) is 5.22. The zero-order valence-corrected chi connectivity index (χ0v) is 15.3. The van der Waals surface area contributed by atoms with E-state index < -0.39 is 28.9 Å². The molecule has 2 aromatic carbocycles. The van der Waals surface area contributed by atoms with Crippen LogP contribution in [-0.4, -0.2) is 35.9 Å². The van der Waals surface area contributed by atoms with Crippen LogP contribution in [0.1, 0.15) is 5.56 Å². The number of nitrogens with one attached hydrogen (secondary N) is 1. The van der Waals surface area contributed by atoms with Crippen LogP contribution >= 0.6 is 23.2 Å². The molecule has 0 heterocycles. The second-order valence-corrected chi connectivity index (χ2v) is 5.81. The molecule has 142 valence electrons. The summed E-state index contributed by atoms with van der Waals surface area (Å²) < 4.78 is 10.1. The van der Waals surface area contributed by atoms with Crippen molar-refractivity contribution in [3.05, 3.63) is 56.1 Å². The van der Waals surface area contributed by atoms with Gasteiger partial charge in [0.2, 0.25) is 5.75 Å². The highest BCUT2D eigenvalue weighted by Gasteiger charge is 2.23. The van der Waals surface area contributed by atoms with Crippen molar-refractivity contribution < 1.29 is 24.3 Å². The van der Waals surface area contributed by atoms with Gasteiger partial charge in [-0.3, -0.25) is 14.9 Å². The van der Waals surface area contributed by atoms with E-state index in [1.807, 2.05) is 0 Å². The van der Waals surface area contributed by atoms with Crippen molar-refractivity contribution in [1.82, 2.24) is 5.43 Å². The SMILES string of the molecule is COc1c(O)ccc(C=NNC(=O)COc2cc(Cl)ccc2Cl)c1[N+](=O)[O-]. The molecule has 2 rings (SSSR count). The smallest absolute Gasteiger partial charge is 0.323 e. The van der Waals surface area contributed by atoms with E-state index in [1.54, 1.807) is 6.07 Å². The lowest BCUT2D eigenvalue weighted by atomic mass is 10.1. The van der Waals surface area contributed by atoms with Crippen molar-refractivity contribution in [3.8, 4) is 17.2 Å². The number of nitro groups is 1. The number of aromatic hydroxyl groups is 1. The van der Waals surface area contributed by atoms with Crippen LogP contribution in [0.4, 0.5) is 5.69 Å². The molecule has 11 heteroatoms. The molecule has 0 aliphatic carbocycles. The first-order valence-corrected chi connectivity index (χ1v) is 8.03. The van der Waals surface area contributed by atoms with Gasteiger partial charge in [0, 0.05) is 11.1 Å². The number of nitro benzene ring substituents is 1. The van der Waals surface area contributed by atoms with E-state index in [0.29, 0.717) is 5.02 Å². The van der Waals surface area contributed by atoms with Gasteiger partial charge in [0.1, 0.15) is 5.75 Å². The highest BCUT2D eigenvalue weighted by Crippen LogP contribution is 2.37. The molecule has 2 N–H and O–H groups in total. The summed E-state index contributed by atoms with van der Waals surface area (Å²) in [5, 5.41) is 25.1. The summed E-state index contributed by atoms with van der Waals surface area (Å²) in [6.07, 6.45) is 1.05. The molecule has 0 radical (unpaired) electrons. The number of hydrazone groups is 1. The second kappa shape index (κ2) is 9.06. The number of amides is 1. The quantitative estimate of drug-likeness (QED) is 0.408. The molecule has 0 bridgehead atoms. The maximum atomic E-state index is 11.8. The van der Waals surface area contributed by atoms with Gasteiger partial charge in [-0.15, -0.1) is 0 Å². The summed E-state index contributed by atoms with van der Waals surface area (Å²) >= 11 is 11.7. The summed E-state index contributed by atoms with van der Waals surface area (Å²) in [5.41, 5.74) is 1.69. The maximum absolute atomic E-state index is 11.8. The molecule has 2 aromatic rings. The Morgan fingerprint density at radius 1 is 1.37 bits per heavy atom. The molecular weight excluding hydrogens is 401 g/mol. The van der Waals surface area contributed by atoms with Gasteiger partial charge in [0.25, 0.3) is 5.91 Å². The van der Waals surface area contributed by atoms with Gasteiger partial charge in [0.05, 0.1) is 28.8 Å². The Balaban J connectivity index is 2.04. The monoisotopic (exact) mass is 413 g/mol. The van der Waals surface area contributed by atoms with Gasteiger partial charge in [-0.25, -0.2) is 5.43 Å². The van der Waals surface area contributed by atoms with Crippen molar-refractivity contribution in [3.63, 3.8) is 0 Å². The van der Waals surface area contributed by atoms with Gasteiger partial charge in [0.15, 0.2) is 12.4 Å². The lowest BCUT2D eigenvalue weighted by molar-refractivity contribution is -0.386. The van der Waals surface area contributed by atoms with Crippen molar-refractivity contribution in [1.29, 1.82) is 0 Å². The van der Waals surface area contributed by atoms with Gasteiger partial charge >= 0.3 is 5.69 Å². The topological polar surface area (TPSA) is 123 Å². The maximum Gasteiger partial charge on any atom is 0.323 e. The number of rotatable bonds is 7. The lowest BCUT2D eigenvalue weighted by Crippen LogP contribution is -2.24. The molecule has 0 saturated carbocycles. The van der Waals surface area contributed by atoms with Crippen LogP contribution in [0.2, 0.25) is 10.0 Å². The summed E-state index contributed by atoms with van der Waals surface area (Å²) in [5.74, 6) is -1.11. The van der Waals surface area contributed by atoms with E-state index in [1.165, 1.54) is 31.4 Å². The number of phenolic OH excluding ortho intramolecular Hbond substituents is 1. The number of hydrogen-bond acceptors (Lipinski definition) is 7. The first-order chi connectivity index (χ1) is 12.8. The Hall–Kier alpha value is -3.04. The van der Waals surface area contributed by atoms with Gasteiger partial charge in [-0.2, -0.15) is 5.10 Å². The zero-order chi connectivity index (χ0) is 20.0. The molecule has 0 atom stereocenters. The summed E-state index contributed by atoms with van der Waals surface area (Å²) in [7, 11) is 1.18. The number of carbonyl (C=O) groups excluding carboxylic acids is 1. The predicted molar refractivity (Wildman–Crippen MR) is 99.0 cm³/mol. The molecule has 0 aliphatic heterocycles. The van der Waals surface area contributed by atoms with Crippen molar-refractivity contribution in [2.75, 3.05) is 13.7 Å². The van der Waals surface area contributed by atoms with E-state index in [-0.39, 0.29) is 22.1 Å². The molecule has 0 unspecified atom stereocenters. The Labute approximate surface area is 163 Å². The average molecular weight is 414 g/mol. The molecule has 0 aromatic heterocycles. The van der Waals surface area contributed by atoms with Gasteiger partial charge < -0.3 is 14.6 Å².